The molecular weight excluding hydrogens is 400 g/mol. The SMILES string of the molecule is C[Se]c1c(C(=O)O)ccc2ncnc(Nc3ccc(F)c(Cl)c3)c12. The standard InChI is InChI=1S/C16H11ClFN3O2Se/c1-24-14-9(16(22)23)3-5-12-13(14)15(20-7-19-12)21-8-2-4-11(18)10(17)6-8/h2-7H,1H3,(H,22,23)(H,19,20,21). The number of hydrogen-bond donors (Lipinski definition) is 2. The first-order valence-corrected chi connectivity index (χ1v) is 9.73. The van der Waals surface area contributed by atoms with Crippen LogP contribution in [-0.4, -0.2) is 36.0 Å². The Bertz CT molecular complexity index is 952. The molecule has 0 fully saturated rings. The quantitative estimate of drug-likeness (QED) is 0.646. The van der Waals surface area contributed by atoms with Gasteiger partial charge in [-0.15, -0.1) is 0 Å². The van der Waals surface area contributed by atoms with Gasteiger partial charge < -0.3 is 0 Å². The summed E-state index contributed by atoms with van der Waals surface area (Å²) in [6.07, 6.45) is 1.39. The Balaban J connectivity index is 2.18. The van der Waals surface area contributed by atoms with Crippen LogP contribution in [0.3, 0.4) is 0 Å². The van der Waals surface area contributed by atoms with Gasteiger partial charge in [0.15, 0.2) is 0 Å². The zero-order valence-corrected chi connectivity index (χ0v) is 14.8. The molecule has 0 aliphatic heterocycles. The van der Waals surface area contributed by atoms with Crippen molar-refractivity contribution in [2.24, 2.45) is 0 Å². The molecule has 5 nitrogen and oxygen atoms in total. The maximum absolute atomic E-state index is 13.3. The summed E-state index contributed by atoms with van der Waals surface area (Å²) in [5.41, 5.74) is 1.43. The Hall–Kier alpha value is -2.21. The molecule has 0 saturated heterocycles. The number of rotatable bonds is 4. The van der Waals surface area contributed by atoms with Crippen LogP contribution in [0.2, 0.25) is 10.8 Å². The average Bonchev–Trinajstić information content (AvgIpc) is 2.57. The van der Waals surface area contributed by atoms with Crippen LogP contribution >= 0.6 is 11.6 Å². The third-order valence-corrected chi connectivity index (χ3v) is 5.41. The van der Waals surface area contributed by atoms with Gasteiger partial charge in [-0.25, -0.2) is 0 Å². The van der Waals surface area contributed by atoms with E-state index in [1.807, 2.05) is 5.82 Å². The molecule has 24 heavy (non-hydrogen) atoms. The third kappa shape index (κ3) is 3.06. The number of anilines is 2. The summed E-state index contributed by atoms with van der Waals surface area (Å²) in [6.45, 7) is 0. The van der Waals surface area contributed by atoms with Crippen LogP contribution < -0.4 is 9.78 Å². The molecule has 0 bridgehead atoms. The molecule has 2 aromatic carbocycles. The van der Waals surface area contributed by atoms with E-state index >= 15 is 0 Å². The van der Waals surface area contributed by atoms with Crippen molar-refractivity contribution in [3.63, 3.8) is 0 Å². The summed E-state index contributed by atoms with van der Waals surface area (Å²) in [4.78, 5) is 19.9. The molecule has 0 aliphatic rings. The molecule has 0 spiro atoms. The van der Waals surface area contributed by atoms with Crippen molar-refractivity contribution in [1.82, 2.24) is 9.97 Å². The fourth-order valence-electron chi connectivity index (χ4n) is 2.31. The van der Waals surface area contributed by atoms with Gasteiger partial charge in [0.1, 0.15) is 0 Å². The first kappa shape index (κ1) is 16.6. The van der Waals surface area contributed by atoms with E-state index in [1.54, 1.807) is 12.1 Å². The molecule has 0 radical (unpaired) electrons. The fraction of sp³-hybridized carbons (Fsp3) is 0.0625. The predicted molar refractivity (Wildman–Crippen MR) is 92.4 cm³/mol. The second-order valence-corrected chi connectivity index (χ2v) is 6.94. The monoisotopic (exact) mass is 411 g/mol. The van der Waals surface area contributed by atoms with Gasteiger partial charge in [0.05, 0.1) is 0 Å². The summed E-state index contributed by atoms with van der Waals surface area (Å²) >= 11 is 5.71. The number of fused-ring (bicyclic) bond motifs is 1. The van der Waals surface area contributed by atoms with Crippen molar-refractivity contribution in [2.75, 3.05) is 5.32 Å². The molecule has 0 saturated carbocycles. The minimum absolute atomic E-state index is 0.00970. The number of nitrogens with zero attached hydrogens (tertiary/aromatic N) is 2. The Morgan fingerprint density at radius 3 is 2.75 bits per heavy atom. The van der Waals surface area contributed by atoms with Gasteiger partial charge in [-0.1, -0.05) is 0 Å². The van der Waals surface area contributed by atoms with Crippen LogP contribution in [0.4, 0.5) is 15.9 Å². The van der Waals surface area contributed by atoms with Gasteiger partial charge in [0, 0.05) is 0 Å². The average molecular weight is 411 g/mol. The van der Waals surface area contributed by atoms with Crippen molar-refractivity contribution in [2.45, 2.75) is 5.82 Å². The number of carboxylic acid groups (broad SMARTS) is 1. The molecule has 3 rings (SSSR count). The number of hydrogen-bond acceptors (Lipinski definition) is 4. The van der Waals surface area contributed by atoms with E-state index in [0.29, 0.717) is 26.9 Å². The summed E-state index contributed by atoms with van der Waals surface area (Å²) in [7, 11) is 0. The summed E-state index contributed by atoms with van der Waals surface area (Å²) in [5.74, 6) is 0.889. The number of benzene rings is 2. The van der Waals surface area contributed by atoms with E-state index in [0.717, 1.165) is 0 Å². The molecule has 0 atom stereocenters. The van der Waals surface area contributed by atoms with Crippen molar-refractivity contribution in [3.8, 4) is 0 Å². The van der Waals surface area contributed by atoms with Gasteiger partial charge in [-0.05, 0) is 0 Å². The second kappa shape index (κ2) is 6.73. The first-order valence-electron chi connectivity index (χ1n) is 6.78. The third-order valence-electron chi connectivity index (χ3n) is 3.37. The molecule has 1 heterocycles. The number of halogens is 2. The van der Waals surface area contributed by atoms with Crippen LogP contribution in [0.15, 0.2) is 36.7 Å². The Labute approximate surface area is 148 Å². The van der Waals surface area contributed by atoms with E-state index in [4.69, 9.17) is 11.6 Å². The molecule has 0 unspecified atom stereocenters. The number of carboxylic acids is 1. The number of carbonyl (C=O) groups is 1. The minimum atomic E-state index is -0.991. The topological polar surface area (TPSA) is 75.1 Å². The molecule has 1 aromatic heterocycles. The molecular formula is C16H11ClFN3O2Se. The summed E-state index contributed by atoms with van der Waals surface area (Å²) in [5, 5.41) is 13.1. The van der Waals surface area contributed by atoms with Crippen molar-refractivity contribution >= 4 is 59.4 Å². The Morgan fingerprint density at radius 2 is 2.08 bits per heavy atom. The van der Waals surface area contributed by atoms with Crippen LogP contribution in [0.5, 0.6) is 0 Å². The van der Waals surface area contributed by atoms with E-state index < -0.39 is 11.8 Å². The van der Waals surface area contributed by atoms with Gasteiger partial charge in [0.25, 0.3) is 0 Å². The predicted octanol–water partition coefficient (Wildman–Crippen LogP) is 3.24. The normalized spacial score (nSPS) is 10.8. The Morgan fingerprint density at radius 1 is 1.29 bits per heavy atom. The van der Waals surface area contributed by atoms with Gasteiger partial charge >= 0.3 is 148 Å². The van der Waals surface area contributed by atoms with E-state index in [-0.39, 0.29) is 25.5 Å². The number of nitrogens with one attached hydrogen (secondary N) is 1. The van der Waals surface area contributed by atoms with Gasteiger partial charge in [-0.2, -0.15) is 0 Å². The summed E-state index contributed by atoms with van der Waals surface area (Å²) < 4.78 is 14.0. The van der Waals surface area contributed by atoms with Crippen LogP contribution in [0.1, 0.15) is 10.4 Å². The fourth-order valence-corrected chi connectivity index (χ4v) is 4.13. The van der Waals surface area contributed by atoms with Crippen molar-refractivity contribution in [3.05, 3.63) is 53.1 Å². The number of aromatic carboxylic acids is 1. The van der Waals surface area contributed by atoms with E-state index in [9.17, 15) is 14.3 Å². The molecule has 0 aliphatic carbocycles. The van der Waals surface area contributed by atoms with Crippen LogP contribution in [0, 0.1) is 5.82 Å². The van der Waals surface area contributed by atoms with Crippen molar-refractivity contribution < 1.29 is 14.3 Å². The summed E-state index contributed by atoms with van der Waals surface area (Å²) in [6, 6.07) is 7.44. The number of aromatic nitrogens is 2. The van der Waals surface area contributed by atoms with Gasteiger partial charge in [0.2, 0.25) is 0 Å². The van der Waals surface area contributed by atoms with Gasteiger partial charge in [-0.3, -0.25) is 0 Å². The molecule has 2 N–H and O–H groups in total. The zero-order valence-electron chi connectivity index (χ0n) is 12.4. The Kier molecular flexibility index (Phi) is 4.66. The van der Waals surface area contributed by atoms with Crippen LogP contribution in [0.25, 0.3) is 10.9 Å². The zero-order chi connectivity index (χ0) is 17.3. The molecule has 122 valence electrons. The second-order valence-electron chi connectivity index (χ2n) is 4.82. The molecule has 3 aromatic rings. The van der Waals surface area contributed by atoms with E-state index in [2.05, 4.69) is 15.3 Å². The molecule has 0 amide bonds. The molecule has 8 heteroatoms. The van der Waals surface area contributed by atoms with Crippen LogP contribution in [-0.2, 0) is 0 Å². The maximum atomic E-state index is 13.3. The first-order chi connectivity index (χ1) is 11.5. The van der Waals surface area contributed by atoms with Crippen molar-refractivity contribution in [1.29, 1.82) is 0 Å². The van der Waals surface area contributed by atoms with E-state index in [1.165, 1.54) is 24.5 Å².